The highest BCUT2D eigenvalue weighted by molar-refractivity contribution is 6.31. The molecule has 0 bridgehead atoms. The molecule has 1 aromatic rings. The third kappa shape index (κ3) is 9.95. The van der Waals surface area contributed by atoms with Crippen LogP contribution in [0.3, 0.4) is 0 Å². The van der Waals surface area contributed by atoms with E-state index in [0.29, 0.717) is 23.0 Å². The molecule has 1 fully saturated rings. The van der Waals surface area contributed by atoms with Crippen LogP contribution in [0, 0.1) is 0 Å². The van der Waals surface area contributed by atoms with Gasteiger partial charge in [0.25, 0.3) is 5.91 Å². The average molecular weight is 486 g/mol. The minimum atomic E-state index is -0.274. The lowest BCUT2D eigenvalue weighted by atomic mass is 9.81. The van der Waals surface area contributed by atoms with Gasteiger partial charge in [0, 0.05) is 37.5 Å². The average Bonchev–Trinajstić information content (AvgIpc) is 2.81. The number of hydrogen-bond donors (Lipinski definition) is 1. The van der Waals surface area contributed by atoms with Crippen molar-refractivity contribution in [2.24, 2.45) is 0 Å². The Kier molecular flexibility index (Phi) is 15.9. The molecule has 0 atom stereocenters. The number of hydrogen-bond acceptors (Lipinski definition) is 5. The standard InChI is InChI=1S/C22H32ClNO4.C2H6O.C2H6/c1-6-15-12-16(23)13-19(27-5)20(15)18(14-28-7-2)21(25)24-22(3)10-8-17(26-4)9-11-22;1-3-2;1-2/h12-14,17H,6-11H2,1-5H3,(H,24,25);1-2H3;1-2H3/b18-14+;;. The molecule has 1 aliphatic rings. The molecule has 1 aliphatic carbocycles. The monoisotopic (exact) mass is 485 g/mol. The SMILES string of the molecule is CC.CCO/C=C(/C(=O)NC1(C)CCC(OC)CC1)c1c(CC)cc(Cl)cc1OC.COC. The van der Waals surface area contributed by atoms with Crippen molar-refractivity contribution in [3.05, 3.63) is 34.5 Å². The molecule has 33 heavy (non-hydrogen) atoms. The van der Waals surface area contributed by atoms with Crippen molar-refractivity contribution < 1.29 is 23.7 Å². The lowest BCUT2D eigenvalue weighted by molar-refractivity contribution is -0.118. The number of carbonyl (C=O) groups excluding carboxylic acids is 1. The molecule has 1 N–H and O–H groups in total. The van der Waals surface area contributed by atoms with Gasteiger partial charge in [-0.05, 0) is 63.6 Å². The summed E-state index contributed by atoms with van der Waals surface area (Å²) in [7, 11) is 6.58. The Hall–Kier alpha value is -1.76. The summed E-state index contributed by atoms with van der Waals surface area (Å²) in [6, 6.07) is 3.60. The van der Waals surface area contributed by atoms with E-state index in [0.717, 1.165) is 43.2 Å². The number of benzene rings is 1. The Morgan fingerprint density at radius 3 is 2.18 bits per heavy atom. The van der Waals surface area contributed by atoms with E-state index < -0.39 is 0 Å². The minimum Gasteiger partial charge on any atom is -0.501 e. The summed E-state index contributed by atoms with van der Waals surface area (Å²) in [4.78, 5) is 13.3. The fourth-order valence-electron chi connectivity index (χ4n) is 3.70. The van der Waals surface area contributed by atoms with Crippen molar-refractivity contribution in [2.45, 2.75) is 78.4 Å². The van der Waals surface area contributed by atoms with Crippen LogP contribution in [-0.2, 0) is 25.4 Å². The first-order valence-corrected chi connectivity index (χ1v) is 12.1. The van der Waals surface area contributed by atoms with Crippen LogP contribution in [0.5, 0.6) is 5.75 Å². The normalized spacial score (nSPS) is 19.9. The summed E-state index contributed by atoms with van der Waals surface area (Å²) in [6.07, 6.45) is 6.13. The molecular weight excluding hydrogens is 442 g/mol. The second-order valence-electron chi connectivity index (χ2n) is 7.84. The van der Waals surface area contributed by atoms with Crippen molar-refractivity contribution in [3.8, 4) is 5.75 Å². The first-order chi connectivity index (χ1) is 15.8. The number of rotatable bonds is 8. The van der Waals surface area contributed by atoms with E-state index in [4.69, 9.17) is 25.8 Å². The molecule has 0 saturated heterocycles. The van der Waals surface area contributed by atoms with Gasteiger partial charge in [-0.15, -0.1) is 0 Å². The third-order valence-electron chi connectivity index (χ3n) is 5.42. The molecule has 7 heteroatoms. The summed E-state index contributed by atoms with van der Waals surface area (Å²) in [5, 5.41) is 3.82. The molecule has 1 aromatic carbocycles. The van der Waals surface area contributed by atoms with Gasteiger partial charge in [0.15, 0.2) is 0 Å². The van der Waals surface area contributed by atoms with Gasteiger partial charge in [0.1, 0.15) is 5.75 Å². The molecule has 0 radical (unpaired) electrons. The largest absolute Gasteiger partial charge is 0.501 e. The van der Waals surface area contributed by atoms with E-state index in [1.54, 1.807) is 34.5 Å². The first-order valence-electron chi connectivity index (χ1n) is 11.7. The van der Waals surface area contributed by atoms with Crippen LogP contribution in [0.15, 0.2) is 18.4 Å². The van der Waals surface area contributed by atoms with Gasteiger partial charge in [0.2, 0.25) is 0 Å². The summed E-state index contributed by atoms with van der Waals surface area (Å²) in [5.74, 6) is 0.404. The predicted octanol–water partition coefficient (Wildman–Crippen LogP) is 6.04. The zero-order chi connectivity index (χ0) is 25.4. The Labute approximate surface area is 206 Å². The Morgan fingerprint density at radius 2 is 1.73 bits per heavy atom. The van der Waals surface area contributed by atoms with Gasteiger partial charge >= 0.3 is 0 Å². The summed E-state index contributed by atoms with van der Waals surface area (Å²) < 4.78 is 20.8. The Bertz CT molecular complexity index is 702. The van der Waals surface area contributed by atoms with Crippen LogP contribution in [-0.4, -0.2) is 52.6 Å². The van der Waals surface area contributed by atoms with Crippen molar-refractivity contribution in [3.63, 3.8) is 0 Å². The molecule has 0 aromatic heterocycles. The van der Waals surface area contributed by atoms with Crippen molar-refractivity contribution in [2.75, 3.05) is 35.0 Å². The van der Waals surface area contributed by atoms with E-state index in [1.807, 2.05) is 33.8 Å². The fraction of sp³-hybridized carbons (Fsp3) is 0.654. The van der Waals surface area contributed by atoms with E-state index in [1.165, 1.54) is 6.26 Å². The zero-order valence-corrected chi connectivity index (χ0v) is 22.7. The summed E-state index contributed by atoms with van der Waals surface area (Å²) in [5.41, 5.74) is 1.86. The van der Waals surface area contributed by atoms with Gasteiger partial charge in [-0.2, -0.15) is 0 Å². The van der Waals surface area contributed by atoms with E-state index in [2.05, 4.69) is 17.0 Å². The number of aryl methyl sites for hydroxylation is 1. The lowest BCUT2D eigenvalue weighted by Gasteiger charge is -2.37. The van der Waals surface area contributed by atoms with Crippen molar-refractivity contribution >= 4 is 23.1 Å². The number of halogens is 1. The minimum absolute atomic E-state index is 0.165. The van der Waals surface area contributed by atoms with E-state index in [9.17, 15) is 4.79 Å². The van der Waals surface area contributed by atoms with E-state index in [-0.39, 0.29) is 17.6 Å². The molecule has 0 spiro atoms. The second-order valence-corrected chi connectivity index (χ2v) is 8.28. The highest BCUT2D eigenvalue weighted by Gasteiger charge is 2.34. The molecule has 1 amide bonds. The molecule has 1 saturated carbocycles. The number of nitrogens with one attached hydrogen (secondary N) is 1. The first kappa shape index (κ1) is 31.2. The number of carbonyl (C=O) groups is 1. The van der Waals surface area contributed by atoms with Gasteiger partial charge in [-0.1, -0.05) is 32.4 Å². The van der Waals surface area contributed by atoms with Gasteiger partial charge in [-0.25, -0.2) is 0 Å². The molecule has 2 rings (SSSR count). The molecule has 0 aliphatic heterocycles. The highest BCUT2D eigenvalue weighted by Crippen LogP contribution is 2.35. The maximum atomic E-state index is 13.3. The second kappa shape index (κ2) is 16.8. The Balaban J connectivity index is 0.00000189. The fourth-order valence-corrected chi connectivity index (χ4v) is 3.94. The maximum Gasteiger partial charge on any atom is 0.255 e. The van der Waals surface area contributed by atoms with Gasteiger partial charge in [-0.3, -0.25) is 4.79 Å². The number of methoxy groups -OCH3 is 3. The van der Waals surface area contributed by atoms with Crippen LogP contribution < -0.4 is 10.1 Å². The van der Waals surface area contributed by atoms with Crippen LogP contribution >= 0.6 is 11.6 Å². The van der Waals surface area contributed by atoms with Gasteiger partial charge < -0.3 is 24.3 Å². The molecule has 190 valence electrons. The summed E-state index contributed by atoms with van der Waals surface area (Å²) in [6.45, 7) is 10.5. The lowest BCUT2D eigenvalue weighted by Crippen LogP contribution is -2.49. The van der Waals surface area contributed by atoms with Crippen LogP contribution in [0.4, 0.5) is 0 Å². The van der Waals surface area contributed by atoms with Crippen molar-refractivity contribution in [1.29, 1.82) is 0 Å². The highest BCUT2D eigenvalue weighted by atomic mass is 35.5. The van der Waals surface area contributed by atoms with Crippen LogP contribution in [0.1, 0.15) is 71.4 Å². The molecule has 6 nitrogen and oxygen atoms in total. The number of amides is 1. The van der Waals surface area contributed by atoms with Crippen LogP contribution in [0.25, 0.3) is 5.57 Å². The molecule has 0 unspecified atom stereocenters. The molecular formula is C26H44ClNO5. The topological polar surface area (TPSA) is 66.0 Å². The van der Waals surface area contributed by atoms with Crippen molar-refractivity contribution in [1.82, 2.24) is 5.32 Å². The van der Waals surface area contributed by atoms with E-state index >= 15 is 0 Å². The Morgan fingerprint density at radius 1 is 1.15 bits per heavy atom. The van der Waals surface area contributed by atoms with Crippen LogP contribution in [0.2, 0.25) is 5.02 Å². The molecule has 0 heterocycles. The van der Waals surface area contributed by atoms with Gasteiger partial charge in [0.05, 0.1) is 31.7 Å². The third-order valence-corrected chi connectivity index (χ3v) is 5.63. The smallest absolute Gasteiger partial charge is 0.255 e. The maximum absolute atomic E-state index is 13.3. The summed E-state index contributed by atoms with van der Waals surface area (Å²) >= 11 is 6.23. The quantitative estimate of drug-likeness (QED) is 0.359. The zero-order valence-electron chi connectivity index (χ0n) is 22.0. The number of ether oxygens (including phenoxy) is 4. The predicted molar refractivity (Wildman–Crippen MR) is 137 cm³/mol.